The second-order valence-electron chi connectivity index (χ2n) is 3.84. The van der Waals surface area contributed by atoms with E-state index in [-0.39, 0.29) is 0 Å². The van der Waals surface area contributed by atoms with Crippen molar-refractivity contribution in [1.82, 2.24) is 4.90 Å². The SMILES string of the molecule is CCCCN(CC)C(CC)C/C(N)=N/O. The standard InChI is InChI=1S/C11H25N3O/c1-4-7-8-14(6-3)10(5-2)9-11(12)13-15/h10,15H,4-9H2,1-3H3,(H2,12,13). The Bertz CT molecular complexity index is 183. The molecule has 0 aromatic heterocycles. The van der Waals surface area contributed by atoms with Crippen LogP contribution in [-0.2, 0) is 0 Å². The number of hydrogen-bond acceptors (Lipinski definition) is 3. The number of nitrogens with two attached hydrogens (primary N) is 1. The second-order valence-corrected chi connectivity index (χ2v) is 3.84. The van der Waals surface area contributed by atoms with Crippen LogP contribution in [0.2, 0.25) is 0 Å². The minimum Gasteiger partial charge on any atom is -0.409 e. The van der Waals surface area contributed by atoms with Gasteiger partial charge in [0.15, 0.2) is 0 Å². The zero-order valence-electron chi connectivity index (χ0n) is 10.2. The Hall–Kier alpha value is -0.770. The van der Waals surface area contributed by atoms with Gasteiger partial charge in [0.25, 0.3) is 0 Å². The van der Waals surface area contributed by atoms with E-state index in [4.69, 9.17) is 10.9 Å². The maximum Gasteiger partial charge on any atom is 0.140 e. The Kier molecular flexibility index (Phi) is 8.09. The van der Waals surface area contributed by atoms with Crippen molar-refractivity contribution in [3.05, 3.63) is 0 Å². The Morgan fingerprint density at radius 1 is 1.40 bits per heavy atom. The summed E-state index contributed by atoms with van der Waals surface area (Å²) in [6.07, 6.45) is 4.11. The molecule has 0 aliphatic carbocycles. The molecular weight excluding hydrogens is 190 g/mol. The largest absolute Gasteiger partial charge is 0.409 e. The number of hydrogen-bond donors (Lipinski definition) is 2. The lowest BCUT2D eigenvalue weighted by atomic mass is 10.1. The van der Waals surface area contributed by atoms with Crippen LogP contribution < -0.4 is 5.73 Å². The van der Waals surface area contributed by atoms with Gasteiger partial charge < -0.3 is 15.8 Å². The Morgan fingerprint density at radius 2 is 2.07 bits per heavy atom. The molecule has 4 nitrogen and oxygen atoms in total. The van der Waals surface area contributed by atoms with Crippen LogP contribution in [-0.4, -0.2) is 35.1 Å². The average Bonchev–Trinajstić information content (AvgIpc) is 2.27. The molecule has 90 valence electrons. The molecule has 0 spiro atoms. The van der Waals surface area contributed by atoms with Gasteiger partial charge in [0.05, 0.1) is 0 Å². The Morgan fingerprint density at radius 3 is 2.47 bits per heavy atom. The third kappa shape index (κ3) is 5.62. The Labute approximate surface area is 93.1 Å². The van der Waals surface area contributed by atoms with Gasteiger partial charge in [-0.1, -0.05) is 32.3 Å². The van der Waals surface area contributed by atoms with Crippen LogP contribution in [0.1, 0.15) is 46.5 Å². The van der Waals surface area contributed by atoms with Crippen molar-refractivity contribution >= 4 is 5.84 Å². The first-order chi connectivity index (χ1) is 7.19. The molecule has 3 N–H and O–H groups in total. The van der Waals surface area contributed by atoms with Gasteiger partial charge in [0.1, 0.15) is 5.84 Å². The lowest BCUT2D eigenvalue weighted by molar-refractivity contribution is 0.200. The van der Waals surface area contributed by atoms with Gasteiger partial charge >= 0.3 is 0 Å². The molecule has 0 aromatic carbocycles. The van der Waals surface area contributed by atoms with E-state index in [0.29, 0.717) is 18.3 Å². The number of nitrogens with zero attached hydrogens (tertiary/aromatic N) is 2. The first kappa shape index (κ1) is 14.2. The molecule has 1 unspecified atom stereocenters. The molecule has 0 aliphatic heterocycles. The molecule has 0 fully saturated rings. The number of oxime groups is 1. The molecular formula is C11H25N3O. The van der Waals surface area contributed by atoms with Crippen LogP contribution >= 0.6 is 0 Å². The first-order valence-electron chi connectivity index (χ1n) is 5.89. The van der Waals surface area contributed by atoms with Crippen LogP contribution in [0.4, 0.5) is 0 Å². The van der Waals surface area contributed by atoms with E-state index in [1.807, 2.05) is 0 Å². The molecule has 0 heterocycles. The van der Waals surface area contributed by atoms with Gasteiger partial charge in [0, 0.05) is 12.5 Å². The summed E-state index contributed by atoms with van der Waals surface area (Å²) in [5.74, 6) is 0.330. The average molecular weight is 215 g/mol. The van der Waals surface area contributed by atoms with Crippen molar-refractivity contribution in [2.24, 2.45) is 10.9 Å². The van der Waals surface area contributed by atoms with Crippen molar-refractivity contribution < 1.29 is 5.21 Å². The van der Waals surface area contributed by atoms with Crippen LogP contribution in [0, 0.1) is 0 Å². The zero-order chi connectivity index (χ0) is 11.7. The van der Waals surface area contributed by atoms with Gasteiger partial charge in [0.2, 0.25) is 0 Å². The van der Waals surface area contributed by atoms with E-state index in [0.717, 1.165) is 19.5 Å². The predicted octanol–water partition coefficient (Wildman–Crippen LogP) is 2.02. The third-order valence-electron chi connectivity index (χ3n) is 2.77. The smallest absolute Gasteiger partial charge is 0.140 e. The summed E-state index contributed by atoms with van der Waals surface area (Å²) < 4.78 is 0. The first-order valence-corrected chi connectivity index (χ1v) is 5.89. The van der Waals surface area contributed by atoms with Crippen molar-refractivity contribution in [3.63, 3.8) is 0 Å². The van der Waals surface area contributed by atoms with Crippen molar-refractivity contribution in [2.75, 3.05) is 13.1 Å². The fourth-order valence-corrected chi connectivity index (χ4v) is 1.77. The second kappa shape index (κ2) is 8.53. The normalized spacial score (nSPS) is 14.5. The van der Waals surface area contributed by atoms with Crippen molar-refractivity contribution in [3.8, 4) is 0 Å². The molecule has 4 heteroatoms. The number of amidine groups is 1. The van der Waals surface area contributed by atoms with Crippen molar-refractivity contribution in [1.29, 1.82) is 0 Å². The summed E-state index contributed by atoms with van der Waals surface area (Å²) in [6, 6.07) is 0.400. The molecule has 0 bridgehead atoms. The summed E-state index contributed by atoms with van der Waals surface area (Å²) in [7, 11) is 0. The monoisotopic (exact) mass is 215 g/mol. The number of unbranched alkanes of at least 4 members (excludes halogenated alkanes) is 1. The fraction of sp³-hybridized carbons (Fsp3) is 0.909. The summed E-state index contributed by atoms with van der Waals surface area (Å²) in [5.41, 5.74) is 5.54. The maximum atomic E-state index is 8.55. The highest BCUT2D eigenvalue weighted by atomic mass is 16.4. The molecule has 0 saturated heterocycles. The summed E-state index contributed by atoms with van der Waals surface area (Å²) in [4.78, 5) is 2.40. The molecule has 1 atom stereocenters. The lowest BCUT2D eigenvalue weighted by Gasteiger charge is -2.29. The highest BCUT2D eigenvalue weighted by molar-refractivity contribution is 5.80. The van der Waals surface area contributed by atoms with Gasteiger partial charge in [-0.05, 0) is 25.9 Å². The minimum atomic E-state index is 0.330. The highest BCUT2D eigenvalue weighted by Crippen LogP contribution is 2.10. The topological polar surface area (TPSA) is 61.8 Å². The maximum absolute atomic E-state index is 8.55. The van der Waals surface area contributed by atoms with E-state index in [9.17, 15) is 0 Å². The van der Waals surface area contributed by atoms with Crippen LogP contribution in [0.5, 0.6) is 0 Å². The Balaban J connectivity index is 4.20. The molecule has 15 heavy (non-hydrogen) atoms. The van der Waals surface area contributed by atoms with Gasteiger partial charge in [-0.25, -0.2) is 0 Å². The zero-order valence-corrected chi connectivity index (χ0v) is 10.2. The molecule has 0 saturated carbocycles. The van der Waals surface area contributed by atoms with Gasteiger partial charge in [-0.15, -0.1) is 0 Å². The van der Waals surface area contributed by atoms with E-state index >= 15 is 0 Å². The fourth-order valence-electron chi connectivity index (χ4n) is 1.77. The van der Waals surface area contributed by atoms with Crippen LogP contribution in [0.3, 0.4) is 0 Å². The van der Waals surface area contributed by atoms with Gasteiger partial charge in [-0.3, -0.25) is 0 Å². The molecule has 0 amide bonds. The third-order valence-corrected chi connectivity index (χ3v) is 2.77. The molecule has 0 aliphatic rings. The molecule has 0 aromatic rings. The van der Waals surface area contributed by atoms with Gasteiger partial charge in [-0.2, -0.15) is 0 Å². The van der Waals surface area contributed by atoms with Crippen LogP contribution in [0.15, 0.2) is 5.16 Å². The predicted molar refractivity (Wildman–Crippen MR) is 64.3 cm³/mol. The van der Waals surface area contributed by atoms with E-state index in [1.165, 1.54) is 12.8 Å². The van der Waals surface area contributed by atoms with Crippen molar-refractivity contribution in [2.45, 2.75) is 52.5 Å². The lowest BCUT2D eigenvalue weighted by Crippen LogP contribution is -2.38. The number of rotatable bonds is 8. The van der Waals surface area contributed by atoms with E-state index in [1.54, 1.807) is 0 Å². The highest BCUT2D eigenvalue weighted by Gasteiger charge is 2.16. The molecule has 0 rings (SSSR count). The summed E-state index contributed by atoms with van der Waals surface area (Å²) >= 11 is 0. The minimum absolute atomic E-state index is 0.330. The summed E-state index contributed by atoms with van der Waals surface area (Å²) in [5, 5.41) is 11.6. The molecule has 0 radical (unpaired) electrons. The quantitative estimate of drug-likeness (QED) is 0.282. The summed E-state index contributed by atoms with van der Waals surface area (Å²) in [6.45, 7) is 8.62. The van der Waals surface area contributed by atoms with E-state index < -0.39 is 0 Å². The van der Waals surface area contributed by atoms with E-state index in [2.05, 4.69) is 30.8 Å². The van der Waals surface area contributed by atoms with Crippen LogP contribution in [0.25, 0.3) is 0 Å².